The maximum Gasteiger partial charge on any atom is 0.255 e. The van der Waals surface area contributed by atoms with Gasteiger partial charge in [-0.15, -0.1) is 0 Å². The number of hydrogen-bond acceptors (Lipinski definition) is 6. The summed E-state index contributed by atoms with van der Waals surface area (Å²) in [5.74, 6) is 2.00. The van der Waals surface area contributed by atoms with Crippen LogP contribution in [0, 0.1) is 13.8 Å². The van der Waals surface area contributed by atoms with Gasteiger partial charge in [-0.1, -0.05) is 27.2 Å². The number of ether oxygens (including phenoxy) is 1. The lowest BCUT2D eigenvalue weighted by Crippen LogP contribution is -2.48. The van der Waals surface area contributed by atoms with Gasteiger partial charge >= 0.3 is 0 Å². The average Bonchev–Trinajstić information content (AvgIpc) is 3.06. The van der Waals surface area contributed by atoms with Gasteiger partial charge in [-0.3, -0.25) is 9.69 Å². The molecule has 3 aromatic rings. The van der Waals surface area contributed by atoms with Crippen molar-refractivity contribution < 1.29 is 14.1 Å². The smallest absolute Gasteiger partial charge is 0.255 e. The molecule has 2 aromatic heterocycles. The molecule has 1 saturated heterocycles. The van der Waals surface area contributed by atoms with Crippen LogP contribution >= 0.6 is 15.9 Å². The molecule has 0 N–H and O–H groups in total. The van der Waals surface area contributed by atoms with E-state index in [9.17, 15) is 4.79 Å². The lowest BCUT2D eigenvalue weighted by Gasteiger charge is -2.34. The first-order valence-corrected chi connectivity index (χ1v) is 10.6. The number of carbonyl (C=O) groups excluding carboxylic acids is 1. The Morgan fingerprint density at radius 1 is 1.17 bits per heavy atom. The summed E-state index contributed by atoms with van der Waals surface area (Å²) in [4.78, 5) is 21.3. The molecule has 1 aromatic carbocycles. The number of amides is 1. The largest absolute Gasteiger partial charge is 0.439 e. The zero-order valence-electron chi connectivity index (χ0n) is 17.0. The van der Waals surface area contributed by atoms with E-state index in [4.69, 9.17) is 9.26 Å². The van der Waals surface area contributed by atoms with E-state index in [2.05, 4.69) is 31.0 Å². The highest BCUT2D eigenvalue weighted by Gasteiger charge is 2.24. The molecule has 30 heavy (non-hydrogen) atoms. The van der Waals surface area contributed by atoms with Crippen LogP contribution < -0.4 is 4.74 Å². The van der Waals surface area contributed by atoms with Gasteiger partial charge < -0.3 is 14.2 Å². The molecule has 156 valence electrons. The monoisotopic (exact) mass is 470 g/mol. The summed E-state index contributed by atoms with van der Waals surface area (Å²) in [5.41, 5.74) is 2.64. The second kappa shape index (κ2) is 8.97. The van der Waals surface area contributed by atoms with Gasteiger partial charge in [0.2, 0.25) is 5.88 Å². The number of rotatable bonds is 5. The lowest BCUT2D eigenvalue weighted by molar-refractivity contribution is 0.0627. The molecule has 0 bridgehead atoms. The van der Waals surface area contributed by atoms with Crippen LogP contribution in [-0.4, -0.2) is 52.0 Å². The highest BCUT2D eigenvalue weighted by Crippen LogP contribution is 2.23. The lowest BCUT2D eigenvalue weighted by atomic mass is 10.1. The third-order valence-electron chi connectivity index (χ3n) is 5.22. The van der Waals surface area contributed by atoms with Crippen molar-refractivity contribution in [3.8, 4) is 11.6 Å². The van der Waals surface area contributed by atoms with Crippen LogP contribution in [0.2, 0.25) is 0 Å². The van der Waals surface area contributed by atoms with Crippen molar-refractivity contribution in [3.63, 3.8) is 0 Å². The minimum Gasteiger partial charge on any atom is -0.439 e. The summed E-state index contributed by atoms with van der Waals surface area (Å²) in [7, 11) is 0. The molecular weight excluding hydrogens is 448 g/mol. The average molecular weight is 471 g/mol. The number of nitrogens with zero attached hydrogens (tertiary/aromatic N) is 4. The number of halogens is 1. The molecule has 4 rings (SSSR count). The fourth-order valence-electron chi connectivity index (χ4n) is 3.46. The molecule has 1 amide bonds. The molecule has 1 aliphatic heterocycles. The van der Waals surface area contributed by atoms with Crippen LogP contribution in [0.3, 0.4) is 0 Å². The normalized spacial score (nSPS) is 14.7. The fraction of sp³-hybridized carbons (Fsp3) is 0.318. The third kappa shape index (κ3) is 4.71. The number of benzene rings is 1. The number of carbonyl (C=O) groups is 1. The molecule has 0 unspecified atom stereocenters. The van der Waals surface area contributed by atoms with Gasteiger partial charge in [-0.25, -0.2) is 4.98 Å². The first-order valence-electron chi connectivity index (χ1n) is 9.82. The molecule has 0 spiro atoms. The van der Waals surface area contributed by atoms with Gasteiger partial charge in [0.05, 0.1) is 11.3 Å². The Morgan fingerprint density at radius 3 is 2.60 bits per heavy atom. The van der Waals surface area contributed by atoms with Crippen LogP contribution in [-0.2, 0) is 6.54 Å². The second-order valence-corrected chi connectivity index (χ2v) is 8.23. The summed E-state index contributed by atoms with van der Waals surface area (Å²) >= 11 is 3.42. The van der Waals surface area contributed by atoms with Crippen molar-refractivity contribution in [1.29, 1.82) is 0 Å². The Hall–Kier alpha value is -2.71. The number of pyridine rings is 1. The summed E-state index contributed by atoms with van der Waals surface area (Å²) < 4.78 is 11.9. The standard InChI is InChI=1S/C22H23BrN4O3/c1-15-20(16(2)30-25-15)14-26-8-10-27(11-9-26)22(28)17-6-7-21(24-13-17)29-19-5-3-4-18(23)12-19/h3-7,12-13H,8-11,14H2,1-2H3. The minimum atomic E-state index is -0.00602. The third-order valence-corrected chi connectivity index (χ3v) is 5.72. The van der Waals surface area contributed by atoms with E-state index in [1.54, 1.807) is 18.3 Å². The van der Waals surface area contributed by atoms with Crippen LogP contribution in [0.5, 0.6) is 11.6 Å². The topological polar surface area (TPSA) is 71.7 Å². The molecule has 8 heteroatoms. The fourth-order valence-corrected chi connectivity index (χ4v) is 3.84. The molecule has 1 aliphatic rings. The molecule has 1 fully saturated rings. The second-order valence-electron chi connectivity index (χ2n) is 7.32. The van der Waals surface area contributed by atoms with Gasteiger partial charge in [0.1, 0.15) is 11.5 Å². The van der Waals surface area contributed by atoms with E-state index in [1.807, 2.05) is 43.0 Å². The van der Waals surface area contributed by atoms with Crippen molar-refractivity contribution in [3.05, 3.63) is 69.6 Å². The van der Waals surface area contributed by atoms with Crippen LogP contribution in [0.1, 0.15) is 27.4 Å². The zero-order chi connectivity index (χ0) is 21.1. The van der Waals surface area contributed by atoms with Gasteiger partial charge in [-0.05, 0) is 38.1 Å². The van der Waals surface area contributed by atoms with Gasteiger partial charge in [-0.2, -0.15) is 0 Å². The summed E-state index contributed by atoms with van der Waals surface area (Å²) in [6.45, 7) is 7.68. The zero-order valence-corrected chi connectivity index (χ0v) is 18.6. The van der Waals surface area contributed by atoms with Crippen molar-refractivity contribution in [2.45, 2.75) is 20.4 Å². The Morgan fingerprint density at radius 2 is 1.97 bits per heavy atom. The molecule has 0 radical (unpaired) electrons. The number of aryl methyl sites for hydroxylation is 2. The van der Waals surface area contributed by atoms with E-state index in [0.29, 0.717) is 30.3 Å². The molecular formula is C22H23BrN4O3. The van der Waals surface area contributed by atoms with Crippen molar-refractivity contribution in [2.75, 3.05) is 26.2 Å². The predicted octanol–water partition coefficient (Wildman–Crippen LogP) is 4.20. The maximum atomic E-state index is 12.8. The summed E-state index contributed by atoms with van der Waals surface area (Å²) in [6, 6.07) is 11.0. The molecule has 7 nitrogen and oxygen atoms in total. The van der Waals surface area contributed by atoms with E-state index < -0.39 is 0 Å². The van der Waals surface area contributed by atoms with Gasteiger partial charge in [0, 0.05) is 55.0 Å². The molecule has 3 heterocycles. The molecule has 0 atom stereocenters. The van der Waals surface area contributed by atoms with Crippen molar-refractivity contribution in [1.82, 2.24) is 19.9 Å². The van der Waals surface area contributed by atoms with Gasteiger partial charge in [0.25, 0.3) is 5.91 Å². The summed E-state index contributed by atoms with van der Waals surface area (Å²) in [6.07, 6.45) is 1.58. The Balaban J connectivity index is 1.33. The maximum absolute atomic E-state index is 12.8. The minimum absolute atomic E-state index is 0.00602. The first kappa shape index (κ1) is 20.6. The van der Waals surface area contributed by atoms with Gasteiger partial charge in [0.15, 0.2) is 0 Å². The SMILES string of the molecule is Cc1noc(C)c1CN1CCN(C(=O)c2ccc(Oc3cccc(Br)c3)nc2)CC1. The number of hydrogen-bond donors (Lipinski definition) is 0. The Labute approximate surface area is 183 Å². The molecule has 0 aliphatic carbocycles. The Bertz CT molecular complexity index is 1010. The van der Waals surface area contributed by atoms with Crippen LogP contribution in [0.25, 0.3) is 0 Å². The van der Waals surface area contributed by atoms with E-state index >= 15 is 0 Å². The van der Waals surface area contributed by atoms with Crippen molar-refractivity contribution >= 4 is 21.8 Å². The quantitative estimate of drug-likeness (QED) is 0.556. The highest BCUT2D eigenvalue weighted by atomic mass is 79.9. The summed E-state index contributed by atoms with van der Waals surface area (Å²) in [5, 5.41) is 4.02. The highest BCUT2D eigenvalue weighted by molar-refractivity contribution is 9.10. The first-order chi connectivity index (χ1) is 14.5. The van der Waals surface area contributed by atoms with E-state index in [-0.39, 0.29) is 5.91 Å². The van der Waals surface area contributed by atoms with E-state index in [0.717, 1.165) is 41.1 Å². The Kier molecular flexibility index (Phi) is 6.15. The van der Waals surface area contributed by atoms with Crippen molar-refractivity contribution in [2.24, 2.45) is 0 Å². The van der Waals surface area contributed by atoms with Crippen LogP contribution in [0.4, 0.5) is 0 Å². The van der Waals surface area contributed by atoms with Crippen LogP contribution in [0.15, 0.2) is 51.6 Å². The molecule has 0 saturated carbocycles. The van der Waals surface area contributed by atoms with E-state index in [1.165, 1.54) is 0 Å². The number of piperazine rings is 1. The predicted molar refractivity (Wildman–Crippen MR) is 116 cm³/mol. The number of aromatic nitrogens is 2.